The number of carbonyl (C=O) groups is 1. The van der Waals surface area contributed by atoms with Crippen molar-refractivity contribution in [3.05, 3.63) is 35.4 Å². The fourth-order valence-electron chi connectivity index (χ4n) is 2.12. The Balaban J connectivity index is 2.09. The van der Waals surface area contributed by atoms with Crippen LogP contribution in [0.25, 0.3) is 0 Å². The summed E-state index contributed by atoms with van der Waals surface area (Å²) in [7, 11) is 0. The molecule has 1 aromatic rings. The zero-order valence-corrected chi connectivity index (χ0v) is 8.92. The highest BCUT2D eigenvalue weighted by molar-refractivity contribution is 6.02. The van der Waals surface area contributed by atoms with Crippen molar-refractivity contribution in [1.82, 2.24) is 0 Å². The molecule has 1 aliphatic carbocycles. The number of fused-ring (bicyclic) bond motifs is 1. The minimum absolute atomic E-state index is 0.170. The van der Waals surface area contributed by atoms with E-state index in [1.54, 1.807) is 0 Å². The monoisotopic (exact) mass is 198 g/mol. The second-order valence-corrected chi connectivity index (χ2v) is 3.89. The number of hydrogen-bond donors (Lipinski definition) is 0. The van der Waals surface area contributed by atoms with E-state index >= 15 is 0 Å². The van der Waals surface area contributed by atoms with Crippen LogP contribution < -0.4 is 0 Å². The molecule has 0 heterocycles. The molecule has 0 saturated heterocycles. The van der Waals surface area contributed by atoms with E-state index in [0.29, 0.717) is 5.78 Å². The van der Waals surface area contributed by atoms with Crippen molar-refractivity contribution >= 4 is 5.78 Å². The smallest absolute Gasteiger partial charge is 0.166 e. The predicted octanol–water partition coefficient (Wildman–Crippen LogP) is 2.85. The fourth-order valence-corrected chi connectivity index (χ4v) is 2.12. The van der Waals surface area contributed by atoms with Gasteiger partial charge in [0.15, 0.2) is 5.78 Å². The molecule has 15 heavy (non-hydrogen) atoms. The predicted molar refractivity (Wildman–Crippen MR) is 60.7 cm³/mol. The lowest BCUT2D eigenvalue weighted by Crippen LogP contribution is -2.08. The average Bonchev–Trinajstić information content (AvgIpc) is 2.57. The zero-order chi connectivity index (χ0) is 10.7. The van der Waals surface area contributed by atoms with Crippen LogP contribution in [-0.2, 0) is 6.42 Å². The van der Waals surface area contributed by atoms with E-state index < -0.39 is 0 Å². The maximum atomic E-state index is 11.9. The highest BCUT2D eigenvalue weighted by atomic mass is 16.1. The molecule has 0 saturated carbocycles. The lowest BCUT2D eigenvalue weighted by atomic mass is 9.99. The van der Waals surface area contributed by atoms with Crippen molar-refractivity contribution in [1.29, 1.82) is 0 Å². The molecule has 0 spiro atoms. The Hall–Kier alpha value is -1.55. The van der Waals surface area contributed by atoms with Gasteiger partial charge in [0, 0.05) is 17.9 Å². The van der Waals surface area contributed by atoms with Crippen LogP contribution in [0.1, 0.15) is 35.7 Å². The van der Waals surface area contributed by atoms with Gasteiger partial charge in [0.05, 0.1) is 0 Å². The molecule has 0 aromatic heterocycles. The van der Waals surface area contributed by atoms with Crippen LogP contribution in [0.3, 0.4) is 0 Å². The van der Waals surface area contributed by atoms with Gasteiger partial charge in [-0.1, -0.05) is 24.3 Å². The van der Waals surface area contributed by atoms with Gasteiger partial charge in [0.25, 0.3) is 0 Å². The van der Waals surface area contributed by atoms with E-state index in [1.165, 1.54) is 5.56 Å². The molecule has 1 heteroatoms. The highest BCUT2D eigenvalue weighted by Gasteiger charge is 2.28. The van der Waals surface area contributed by atoms with Crippen LogP contribution in [0.4, 0.5) is 0 Å². The first-order valence-electron chi connectivity index (χ1n) is 5.34. The Morgan fingerprint density at radius 3 is 2.93 bits per heavy atom. The molecule has 0 N–H and O–H groups in total. The molecule has 1 unspecified atom stereocenters. The lowest BCUT2D eigenvalue weighted by Gasteiger charge is -2.03. The van der Waals surface area contributed by atoms with Crippen molar-refractivity contribution in [2.75, 3.05) is 0 Å². The highest BCUT2D eigenvalue weighted by Crippen LogP contribution is 2.29. The Labute approximate surface area is 90.5 Å². The van der Waals surface area contributed by atoms with Crippen LogP contribution >= 0.6 is 0 Å². The minimum Gasteiger partial charge on any atom is -0.294 e. The molecule has 1 aliphatic rings. The molecule has 0 amide bonds. The van der Waals surface area contributed by atoms with Gasteiger partial charge in [0.1, 0.15) is 0 Å². The molecular weight excluding hydrogens is 184 g/mol. The number of rotatable bonds is 2. The molecule has 0 bridgehead atoms. The van der Waals surface area contributed by atoms with Crippen molar-refractivity contribution in [3.63, 3.8) is 0 Å². The second-order valence-electron chi connectivity index (χ2n) is 3.89. The summed E-state index contributed by atoms with van der Waals surface area (Å²) in [5.41, 5.74) is 2.13. The molecule has 0 aliphatic heterocycles. The van der Waals surface area contributed by atoms with Gasteiger partial charge < -0.3 is 0 Å². The Bertz CT molecular complexity index is 434. The van der Waals surface area contributed by atoms with Gasteiger partial charge in [-0.05, 0) is 25.3 Å². The second kappa shape index (κ2) is 4.31. The number of hydrogen-bond acceptors (Lipinski definition) is 1. The number of Topliss-reactive ketones (excluding diaryl/α,β-unsaturated/α-hetero) is 1. The summed E-state index contributed by atoms with van der Waals surface area (Å²) in [4.78, 5) is 11.9. The van der Waals surface area contributed by atoms with Crippen molar-refractivity contribution < 1.29 is 4.79 Å². The summed E-state index contributed by atoms with van der Waals surface area (Å²) in [5, 5.41) is 0. The molecule has 76 valence electrons. The van der Waals surface area contributed by atoms with Crippen molar-refractivity contribution in [2.45, 2.75) is 26.2 Å². The Morgan fingerprint density at radius 2 is 2.20 bits per heavy atom. The van der Waals surface area contributed by atoms with E-state index in [-0.39, 0.29) is 5.92 Å². The van der Waals surface area contributed by atoms with E-state index in [4.69, 9.17) is 0 Å². The quantitative estimate of drug-likeness (QED) is 0.668. The molecule has 0 fully saturated rings. The summed E-state index contributed by atoms with van der Waals surface area (Å²) in [6, 6.07) is 7.92. The molecule has 1 aromatic carbocycles. The minimum atomic E-state index is 0.170. The van der Waals surface area contributed by atoms with Crippen LogP contribution in [0.5, 0.6) is 0 Å². The first kappa shape index (κ1) is 9.98. The van der Waals surface area contributed by atoms with E-state index in [2.05, 4.69) is 17.9 Å². The Morgan fingerprint density at radius 1 is 1.40 bits per heavy atom. The fraction of sp³-hybridized carbons (Fsp3) is 0.357. The summed E-state index contributed by atoms with van der Waals surface area (Å²) >= 11 is 0. The van der Waals surface area contributed by atoms with Crippen molar-refractivity contribution in [2.24, 2.45) is 5.92 Å². The average molecular weight is 198 g/mol. The normalized spacial score (nSPS) is 18.2. The zero-order valence-electron chi connectivity index (χ0n) is 8.92. The van der Waals surface area contributed by atoms with Crippen LogP contribution in [0.2, 0.25) is 0 Å². The van der Waals surface area contributed by atoms with Gasteiger partial charge in [-0.3, -0.25) is 4.79 Å². The summed E-state index contributed by atoms with van der Waals surface area (Å²) in [5.74, 6) is 6.37. The maximum Gasteiger partial charge on any atom is 0.166 e. The summed E-state index contributed by atoms with van der Waals surface area (Å²) in [6.45, 7) is 1.84. The summed E-state index contributed by atoms with van der Waals surface area (Å²) in [6.07, 6.45) is 2.63. The van der Waals surface area contributed by atoms with Crippen molar-refractivity contribution in [3.8, 4) is 11.8 Å². The summed E-state index contributed by atoms with van der Waals surface area (Å²) < 4.78 is 0. The number of ketones is 1. The third kappa shape index (κ3) is 1.94. The van der Waals surface area contributed by atoms with Gasteiger partial charge in [0.2, 0.25) is 0 Å². The number of carbonyl (C=O) groups excluding carboxylic acids is 1. The Kier molecular flexibility index (Phi) is 2.87. The maximum absolute atomic E-state index is 11.9. The standard InChI is InChI=1S/C14H14O/c1-2-3-4-8-12-10-11-7-5-6-9-13(11)14(12)15/h5-7,9,12H,4,8,10H2,1H3. The molecule has 0 radical (unpaired) electrons. The van der Waals surface area contributed by atoms with Gasteiger partial charge in [-0.2, -0.15) is 0 Å². The van der Waals surface area contributed by atoms with Gasteiger partial charge >= 0.3 is 0 Å². The third-order valence-corrected chi connectivity index (χ3v) is 2.91. The first-order valence-corrected chi connectivity index (χ1v) is 5.34. The van der Waals surface area contributed by atoms with E-state index in [0.717, 1.165) is 24.8 Å². The first-order chi connectivity index (χ1) is 7.33. The topological polar surface area (TPSA) is 17.1 Å². The van der Waals surface area contributed by atoms with E-state index in [9.17, 15) is 4.79 Å². The van der Waals surface area contributed by atoms with E-state index in [1.807, 2.05) is 25.1 Å². The lowest BCUT2D eigenvalue weighted by molar-refractivity contribution is 0.0932. The molecule has 2 rings (SSSR count). The SMILES string of the molecule is CC#CCCC1Cc2ccccc2C1=O. The third-order valence-electron chi connectivity index (χ3n) is 2.91. The molecule has 1 atom stereocenters. The molecular formula is C14H14O. The number of benzene rings is 1. The van der Waals surface area contributed by atoms with Crippen LogP contribution in [0.15, 0.2) is 24.3 Å². The van der Waals surface area contributed by atoms with Crippen LogP contribution in [-0.4, -0.2) is 5.78 Å². The van der Waals surface area contributed by atoms with Crippen LogP contribution in [0, 0.1) is 17.8 Å². The van der Waals surface area contributed by atoms with Gasteiger partial charge in [-0.15, -0.1) is 11.8 Å². The largest absolute Gasteiger partial charge is 0.294 e. The van der Waals surface area contributed by atoms with Gasteiger partial charge in [-0.25, -0.2) is 0 Å². The molecule has 1 nitrogen and oxygen atoms in total.